The molecule has 1 aromatic carbocycles. The van der Waals surface area contributed by atoms with Crippen LogP contribution >= 0.6 is 11.3 Å². The number of aliphatic imine (C=N–C) groups is 1. The number of benzene rings is 1. The molecule has 5 nitrogen and oxygen atoms in total. The number of thiazole rings is 1. The van der Waals surface area contributed by atoms with Crippen molar-refractivity contribution in [1.29, 1.82) is 0 Å². The molecule has 3 rings (SSSR count). The molecule has 1 saturated heterocycles. The molecule has 0 spiro atoms. The number of nitrogens with zero attached hydrogens (tertiary/aromatic N) is 3. The number of nitrogens with one attached hydrogen (secondary N) is 2. The molecule has 1 aliphatic rings. The van der Waals surface area contributed by atoms with Crippen LogP contribution in [0.2, 0.25) is 0 Å². The normalized spacial score (nSPS) is 16.6. The summed E-state index contributed by atoms with van der Waals surface area (Å²) >= 11 is 1.67. The number of aromatic nitrogens is 1. The van der Waals surface area contributed by atoms with Gasteiger partial charge in [0, 0.05) is 18.0 Å². The van der Waals surface area contributed by atoms with E-state index in [9.17, 15) is 0 Å². The van der Waals surface area contributed by atoms with E-state index in [4.69, 9.17) is 4.99 Å². The lowest BCUT2D eigenvalue weighted by Crippen LogP contribution is -2.42. The predicted molar refractivity (Wildman–Crippen MR) is 110 cm³/mol. The zero-order valence-electron chi connectivity index (χ0n) is 15.7. The average Bonchev–Trinajstić information content (AvgIpc) is 3.33. The highest BCUT2D eigenvalue weighted by Crippen LogP contribution is 2.24. The van der Waals surface area contributed by atoms with E-state index in [2.05, 4.69) is 57.8 Å². The fraction of sp³-hybridized carbons (Fsp3) is 0.500. The molecular formula is C20H29N5S. The van der Waals surface area contributed by atoms with Gasteiger partial charge in [-0.1, -0.05) is 30.3 Å². The number of hydrogen-bond acceptors (Lipinski definition) is 4. The second-order valence-electron chi connectivity index (χ2n) is 6.61. The van der Waals surface area contributed by atoms with Crippen molar-refractivity contribution in [3.05, 3.63) is 52.0 Å². The Morgan fingerprint density at radius 2 is 2.00 bits per heavy atom. The highest BCUT2D eigenvalue weighted by molar-refractivity contribution is 7.09. The molecular weight excluding hydrogens is 342 g/mol. The van der Waals surface area contributed by atoms with Gasteiger partial charge in [0.25, 0.3) is 0 Å². The molecule has 0 aliphatic carbocycles. The van der Waals surface area contributed by atoms with Gasteiger partial charge in [0.15, 0.2) is 5.96 Å². The van der Waals surface area contributed by atoms with Crippen molar-refractivity contribution in [2.24, 2.45) is 4.99 Å². The topological polar surface area (TPSA) is 52.6 Å². The van der Waals surface area contributed by atoms with Crippen molar-refractivity contribution in [1.82, 2.24) is 20.5 Å². The van der Waals surface area contributed by atoms with Crippen LogP contribution in [-0.2, 0) is 6.54 Å². The summed E-state index contributed by atoms with van der Waals surface area (Å²) < 4.78 is 0. The summed E-state index contributed by atoms with van der Waals surface area (Å²) in [7, 11) is 0. The van der Waals surface area contributed by atoms with Crippen molar-refractivity contribution >= 4 is 17.3 Å². The van der Waals surface area contributed by atoms with Gasteiger partial charge in [-0.3, -0.25) is 4.90 Å². The quantitative estimate of drug-likeness (QED) is 0.579. The van der Waals surface area contributed by atoms with E-state index in [1.165, 1.54) is 36.4 Å². The van der Waals surface area contributed by atoms with Gasteiger partial charge in [0.1, 0.15) is 0 Å². The van der Waals surface area contributed by atoms with Crippen molar-refractivity contribution in [3.63, 3.8) is 0 Å². The lowest BCUT2D eigenvalue weighted by molar-refractivity contribution is 0.245. The zero-order chi connectivity index (χ0) is 18.2. The van der Waals surface area contributed by atoms with Crippen LogP contribution in [-0.4, -0.2) is 42.0 Å². The van der Waals surface area contributed by atoms with E-state index in [1.807, 2.05) is 12.4 Å². The smallest absolute Gasteiger partial charge is 0.191 e. The average molecular weight is 372 g/mol. The van der Waals surface area contributed by atoms with Gasteiger partial charge >= 0.3 is 0 Å². The molecule has 140 valence electrons. The van der Waals surface area contributed by atoms with Gasteiger partial charge in [0.2, 0.25) is 0 Å². The van der Waals surface area contributed by atoms with Gasteiger partial charge < -0.3 is 10.6 Å². The van der Waals surface area contributed by atoms with Gasteiger partial charge in [0.05, 0.1) is 23.8 Å². The highest BCUT2D eigenvalue weighted by Gasteiger charge is 2.23. The second-order valence-corrected chi connectivity index (χ2v) is 7.55. The number of aryl methyl sites for hydroxylation is 1. The SMILES string of the molecule is CCNC(=NCc1scnc1C)NCC(c1ccccc1)N1CCCC1. The molecule has 0 radical (unpaired) electrons. The fourth-order valence-corrected chi connectivity index (χ4v) is 4.05. The van der Waals surface area contributed by atoms with Crippen LogP contribution in [0.1, 0.15) is 41.9 Å². The van der Waals surface area contributed by atoms with Gasteiger partial charge in [-0.05, 0) is 45.3 Å². The van der Waals surface area contributed by atoms with Gasteiger partial charge in [-0.25, -0.2) is 9.98 Å². The number of likely N-dealkylation sites (tertiary alicyclic amines) is 1. The first kappa shape index (κ1) is 18.9. The van der Waals surface area contributed by atoms with Crippen molar-refractivity contribution in [3.8, 4) is 0 Å². The van der Waals surface area contributed by atoms with Crippen LogP contribution in [0.4, 0.5) is 0 Å². The first-order valence-corrected chi connectivity index (χ1v) is 10.4. The molecule has 1 atom stereocenters. The Morgan fingerprint density at radius 1 is 1.23 bits per heavy atom. The summed E-state index contributed by atoms with van der Waals surface area (Å²) in [5.74, 6) is 0.875. The van der Waals surface area contributed by atoms with Crippen LogP contribution in [0, 0.1) is 6.92 Å². The minimum Gasteiger partial charge on any atom is -0.357 e. The van der Waals surface area contributed by atoms with Crippen LogP contribution in [0.5, 0.6) is 0 Å². The standard InChI is InChI=1S/C20H29N5S/c1-3-21-20(23-14-19-16(2)24-15-26-19)22-13-18(25-11-7-8-12-25)17-9-5-4-6-10-17/h4-6,9-10,15,18H,3,7-8,11-14H2,1-2H3,(H2,21,22,23). The van der Waals surface area contributed by atoms with Crippen molar-refractivity contribution in [2.75, 3.05) is 26.2 Å². The molecule has 2 aromatic rings. The third-order valence-corrected chi connectivity index (χ3v) is 5.72. The van der Waals surface area contributed by atoms with E-state index in [0.717, 1.165) is 24.7 Å². The maximum absolute atomic E-state index is 4.76. The van der Waals surface area contributed by atoms with Crippen LogP contribution < -0.4 is 10.6 Å². The Kier molecular flexibility index (Phi) is 7.03. The fourth-order valence-electron chi connectivity index (χ4n) is 3.35. The Bertz CT molecular complexity index is 691. The van der Waals surface area contributed by atoms with E-state index in [-0.39, 0.29) is 0 Å². The molecule has 26 heavy (non-hydrogen) atoms. The largest absolute Gasteiger partial charge is 0.357 e. The molecule has 0 saturated carbocycles. The monoisotopic (exact) mass is 371 g/mol. The molecule has 0 bridgehead atoms. The minimum atomic E-state index is 0.382. The summed E-state index contributed by atoms with van der Waals surface area (Å²) in [6, 6.07) is 11.2. The van der Waals surface area contributed by atoms with Gasteiger partial charge in [-0.2, -0.15) is 0 Å². The summed E-state index contributed by atoms with van der Waals surface area (Å²) in [5.41, 5.74) is 4.34. The number of rotatable bonds is 7. The highest BCUT2D eigenvalue weighted by atomic mass is 32.1. The molecule has 1 aromatic heterocycles. The predicted octanol–water partition coefficient (Wildman–Crippen LogP) is 3.34. The van der Waals surface area contributed by atoms with E-state index in [1.54, 1.807) is 11.3 Å². The first-order chi connectivity index (χ1) is 12.8. The van der Waals surface area contributed by atoms with Gasteiger partial charge in [-0.15, -0.1) is 11.3 Å². The van der Waals surface area contributed by atoms with Crippen LogP contribution in [0.3, 0.4) is 0 Å². The molecule has 6 heteroatoms. The van der Waals surface area contributed by atoms with Crippen LogP contribution in [0.15, 0.2) is 40.8 Å². The Balaban J connectivity index is 1.67. The Labute approximate surface area is 160 Å². The van der Waals surface area contributed by atoms with Crippen LogP contribution in [0.25, 0.3) is 0 Å². The third kappa shape index (κ3) is 5.05. The summed E-state index contributed by atoms with van der Waals surface area (Å²) in [6.45, 7) is 8.88. The Hall–Kier alpha value is -1.92. The molecule has 1 aliphatic heterocycles. The molecule has 2 heterocycles. The van der Waals surface area contributed by atoms with E-state index >= 15 is 0 Å². The summed E-state index contributed by atoms with van der Waals surface area (Å²) in [4.78, 5) is 12.9. The zero-order valence-corrected chi connectivity index (χ0v) is 16.6. The summed E-state index contributed by atoms with van der Waals surface area (Å²) in [5, 5.41) is 6.93. The Morgan fingerprint density at radius 3 is 2.65 bits per heavy atom. The van der Waals surface area contributed by atoms with E-state index < -0.39 is 0 Å². The number of hydrogen-bond donors (Lipinski definition) is 2. The first-order valence-electron chi connectivity index (χ1n) is 9.48. The lowest BCUT2D eigenvalue weighted by atomic mass is 10.1. The van der Waals surface area contributed by atoms with Crippen molar-refractivity contribution in [2.45, 2.75) is 39.3 Å². The lowest BCUT2D eigenvalue weighted by Gasteiger charge is -2.29. The molecule has 0 amide bonds. The number of guanidine groups is 1. The minimum absolute atomic E-state index is 0.382. The van der Waals surface area contributed by atoms with E-state index in [0.29, 0.717) is 12.6 Å². The molecule has 1 unspecified atom stereocenters. The van der Waals surface area contributed by atoms with Crippen molar-refractivity contribution < 1.29 is 0 Å². The molecule has 2 N–H and O–H groups in total. The third-order valence-electron chi connectivity index (χ3n) is 4.80. The maximum atomic E-state index is 4.76. The maximum Gasteiger partial charge on any atom is 0.191 e. The summed E-state index contributed by atoms with van der Waals surface area (Å²) in [6.07, 6.45) is 2.59. The molecule has 1 fully saturated rings. The second kappa shape index (κ2) is 9.69.